The molecule has 1 aromatic carbocycles. The highest BCUT2D eigenvalue weighted by Crippen LogP contribution is 2.38. The molecule has 0 aliphatic carbocycles. The van der Waals surface area contributed by atoms with Gasteiger partial charge in [0.25, 0.3) is 0 Å². The van der Waals surface area contributed by atoms with Crippen LogP contribution < -0.4 is 4.74 Å². The molecule has 0 fully saturated rings. The van der Waals surface area contributed by atoms with Crippen LogP contribution in [-0.4, -0.2) is 17.2 Å². The predicted molar refractivity (Wildman–Crippen MR) is 81.7 cm³/mol. The lowest BCUT2D eigenvalue weighted by Gasteiger charge is -2.16. The van der Waals surface area contributed by atoms with E-state index in [-0.39, 0.29) is 0 Å². The van der Waals surface area contributed by atoms with Crippen LogP contribution in [0.1, 0.15) is 16.5 Å². The summed E-state index contributed by atoms with van der Waals surface area (Å²) < 4.78 is 5.39. The lowest BCUT2D eigenvalue weighted by molar-refractivity contribution is 0.220. The van der Waals surface area contributed by atoms with Crippen molar-refractivity contribution in [3.63, 3.8) is 0 Å². The van der Waals surface area contributed by atoms with Crippen LogP contribution in [0.2, 0.25) is 5.15 Å². The minimum atomic E-state index is -0.743. The number of benzene rings is 1. The molecule has 1 unspecified atom stereocenters. The Morgan fingerprint density at radius 3 is 2.80 bits per heavy atom. The van der Waals surface area contributed by atoms with E-state index in [4.69, 9.17) is 16.3 Å². The van der Waals surface area contributed by atoms with Gasteiger partial charge in [0.05, 0.1) is 7.11 Å². The Balaban J connectivity index is 2.29. The van der Waals surface area contributed by atoms with Gasteiger partial charge < -0.3 is 9.84 Å². The molecule has 0 amide bonds. The van der Waals surface area contributed by atoms with E-state index in [9.17, 15) is 5.11 Å². The molecule has 0 saturated carbocycles. The van der Waals surface area contributed by atoms with Gasteiger partial charge in [0.1, 0.15) is 17.0 Å². The topological polar surface area (TPSA) is 42.4 Å². The third-order valence-corrected chi connectivity index (χ3v) is 4.43. The molecule has 20 heavy (non-hydrogen) atoms. The molecular weight excluding hydrogens is 294 g/mol. The molecule has 0 spiro atoms. The molecular formula is C15H12ClNO2S. The molecule has 0 aliphatic heterocycles. The first-order valence-electron chi connectivity index (χ1n) is 6.05. The quantitative estimate of drug-likeness (QED) is 0.743. The van der Waals surface area contributed by atoms with E-state index in [1.165, 1.54) is 11.3 Å². The maximum Gasteiger partial charge on any atom is 0.136 e. The molecule has 0 bridgehead atoms. The number of fused-ring (bicyclic) bond motifs is 1. The molecule has 3 nitrogen and oxygen atoms in total. The third-order valence-electron chi connectivity index (χ3n) is 3.20. The second-order valence-corrected chi connectivity index (χ2v) is 5.63. The molecule has 3 aromatic rings. The second-order valence-electron chi connectivity index (χ2n) is 4.30. The number of thiophene rings is 1. The zero-order chi connectivity index (χ0) is 14.1. The Bertz CT molecular complexity index is 743. The van der Waals surface area contributed by atoms with Crippen molar-refractivity contribution in [3.8, 4) is 5.75 Å². The summed E-state index contributed by atoms with van der Waals surface area (Å²) in [5.41, 5.74) is 0.719. The fourth-order valence-corrected chi connectivity index (χ4v) is 3.21. The Kier molecular flexibility index (Phi) is 3.61. The van der Waals surface area contributed by atoms with Crippen LogP contribution in [0.5, 0.6) is 5.75 Å². The number of ether oxygens (including phenoxy) is 1. The number of aliphatic hydroxyl groups is 1. The first kappa shape index (κ1) is 13.4. The van der Waals surface area contributed by atoms with E-state index in [2.05, 4.69) is 4.98 Å². The van der Waals surface area contributed by atoms with Gasteiger partial charge in [-0.1, -0.05) is 17.7 Å². The van der Waals surface area contributed by atoms with Gasteiger partial charge in [-0.2, -0.15) is 0 Å². The first-order chi connectivity index (χ1) is 9.72. The molecule has 1 N–H and O–H groups in total. The second kappa shape index (κ2) is 5.40. The van der Waals surface area contributed by atoms with Gasteiger partial charge in [0.2, 0.25) is 0 Å². The summed E-state index contributed by atoms with van der Waals surface area (Å²) >= 11 is 7.63. The first-order valence-corrected chi connectivity index (χ1v) is 7.30. The number of aliphatic hydroxyl groups excluding tert-OH is 1. The van der Waals surface area contributed by atoms with E-state index >= 15 is 0 Å². The molecule has 0 radical (unpaired) electrons. The van der Waals surface area contributed by atoms with Gasteiger partial charge in [-0.15, -0.1) is 11.3 Å². The number of hydrogen-bond acceptors (Lipinski definition) is 4. The fraction of sp³-hybridized carbons (Fsp3) is 0.133. The minimum Gasteiger partial charge on any atom is -0.496 e. The highest BCUT2D eigenvalue weighted by atomic mass is 35.5. The van der Waals surface area contributed by atoms with Crippen LogP contribution in [0.25, 0.3) is 10.8 Å². The largest absolute Gasteiger partial charge is 0.496 e. The highest BCUT2D eigenvalue weighted by Gasteiger charge is 2.20. The molecule has 2 heterocycles. The summed E-state index contributed by atoms with van der Waals surface area (Å²) in [6.45, 7) is 0. The van der Waals surface area contributed by atoms with E-state index in [0.29, 0.717) is 10.9 Å². The Morgan fingerprint density at radius 2 is 2.10 bits per heavy atom. The van der Waals surface area contributed by atoms with Crippen LogP contribution in [0.15, 0.2) is 41.9 Å². The smallest absolute Gasteiger partial charge is 0.136 e. The van der Waals surface area contributed by atoms with Gasteiger partial charge >= 0.3 is 0 Å². The number of nitrogens with zero attached hydrogens (tertiary/aromatic N) is 1. The predicted octanol–water partition coefficient (Wildman–Crippen LogP) is 4.04. The minimum absolute atomic E-state index is 0.421. The number of aromatic nitrogens is 1. The van der Waals surface area contributed by atoms with Crippen molar-refractivity contribution in [3.05, 3.63) is 57.5 Å². The molecule has 0 aliphatic rings. The zero-order valence-electron chi connectivity index (χ0n) is 10.7. The van der Waals surface area contributed by atoms with Crippen LogP contribution in [0.3, 0.4) is 0 Å². The van der Waals surface area contributed by atoms with E-state index in [1.807, 2.05) is 35.7 Å². The standard InChI is InChI=1S/C15H12ClNO2S/c1-19-11-5-4-10-9(6-7-17-15(10)16)13(11)14(18)12-3-2-8-20-12/h2-8,14,18H,1H3. The van der Waals surface area contributed by atoms with Crippen LogP contribution in [-0.2, 0) is 0 Å². The maximum atomic E-state index is 10.6. The summed E-state index contributed by atoms with van der Waals surface area (Å²) in [4.78, 5) is 4.94. The molecule has 1 atom stereocenters. The van der Waals surface area contributed by atoms with Crippen molar-refractivity contribution in [2.75, 3.05) is 7.11 Å². The SMILES string of the molecule is COc1ccc2c(Cl)nccc2c1C(O)c1cccs1. The van der Waals surface area contributed by atoms with E-state index < -0.39 is 6.10 Å². The van der Waals surface area contributed by atoms with Gasteiger partial charge in [0.15, 0.2) is 0 Å². The summed E-state index contributed by atoms with van der Waals surface area (Å²) in [6.07, 6.45) is 0.890. The summed E-state index contributed by atoms with van der Waals surface area (Å²) in [7, 11) is 1.59. The van der Waals surface area contributed by atoms with Crippen molar-refractivity contribution >= 4 is 33.7 Å². The normalized spacial score (nSPS) is 12.6. The number of rotatable bonds is 3. The summed E-state index contributed by atoms with van der Waals surface area (Å²) in [5.74, 6) is 0.640. The molecule has 3 rings (SSSR count). The van der Waals surface area contributed by atoms with Gasteiger partial charge in [0, 0.05) is 22.0 Å². The van der Waals surface area contributed by atoms with Crippen LogP contribution in [0.4, 0.5) is 0 Å². The van der Waals surface area contributed by atoms with Crippen molar-refractivity contribution in [1.29, 1.82) is 0 Å². The van der Waals surface area contributed by atoms with E-state index in [1.54, 1.807) is 13.3 Å². The number of methoxy groups -OCH3 is 1. The third kappa shape index (κ3) is 2.16. The average molecular weight is 306 g/mol. The Hall–Kier alpha value is -1.62. The van der Waals surface area contributed by atoms with Gasteiger partial charge in [-0.25, -0.2) is 4.98 Å². The summed E-state index contributed by atoms with van der Waals surface area (Å²) in [6, 6.07) is 9.32. The van der Waals surface area contributed by atoms with Crippen molar-refractivity contribution in [2.24, 2.45) is 0 Å². The Morgan fingerprint density at radius 1 is 1.25 bits per heavy atom. The number of hydrogen-bond donors (Lipinski definition) is 1. The summed E-state index contributed by atoms with van der Waals surface area (Å²) in [5, 5.41) is 14.7. The highest BCUT2D eigenvalue weighted by molar-refractivity contribution is 7.10. The number of halogens is 1. The lowest BCUT2D eigenvalue weighted by Crippen LogP contribution is -2.02. The van der Waals surface area contributed by atoms with Crippen LogP contribution in [0, 0.1) is 0 Å². The zero-order valence-corrected chi connectivity index (χ0v) is 12.3. The van der Waals surface area contributed by atoms with Gasteiger partial charge in [-0.3, -0.25) is 0 Å². The molecule has 102 valence electrons. The van der Waals surface area contributed by atoms with Gasteiger partial charge in [-0.05, 0) is 35.0 Å². The molecule has 5 heteroatoms. The van der Waals surface area contributed by atoms with E-state index in [0.717, 1.165) is 21.2 Å². The Labute approximate surface area is 125 Å². The van der Waals surface area contributed by atoms with Crippen molar-refractivity contribution in [1.82, 2.24) is 4.98 Å². The lowest BCUT2D eigenvalue weighted by atomic mass is 9.99. The van der Waals surface area contributed by atoms with Crippen LogP contribution >= 0.6 is 22.9 Å². The van der Waals surface area contributed by atoms with Crippen molar-refractivity contribution < 1.29 is 9.84 Å². The molecule has 0 saturated heterocycles. The molecule has 2 aromatic heterocycles. The average Bonchev–Trinajstić information content (AvgIpc) is 3.00. The fourth-order valence-electron chi connectivity index (χ4n) is 2.27. The monoisotopic (exact) mass is 305 g/mol. The maximum absolute atomic E-state index is 10.6. The number of pyridine rings is 1. The van der Waals surface area contributed by atoms with Crippen molar-refractivity contribution in [2.45, 2.75) is 6.10 Å².